The van der Waals surface area contributed by atoms with Gasteiger partial charge in [-0.2, -0.15) is 0 Å². The standard InChI is InChI=1S/C22H22FNOS/c1-16-3-13-21(14-4-16)26-15-22(17-5-7-18(23)8-6-17)24-19-9-11-20(25-2)12-10-19/h3-14,22,24H,15H2,1-2H3/t22-/m1/s1. The van der Waals surface area contributed by atoms with Crippen LogP contribution < -0.4 is 10.1 Å². The van der Waals surface area contributed by atoms with E-state index in [2.05, 4.69) is 36.5 Å². The van der Waals surface area contributed by atoms with Crippen molar-refractivity contribution >= 4 is 17.4 Å². The Morgan fingerprint density at radius 3 is 2.19 bits per heavy atom. The Kier molecular flexibility index (Phi) is 6.18. The van der Waals surface area contributed by atoms with Crippen LogP contribution in [0.5, 0.6) is 5.75 Å². The zero-order valence-corrected chi connectivity index (χ0v) is 15.7. The predicted octanol–water partition coefficient (Wildman–Crippen LogP) is 6.09. The number of halogens is 1. The van der Waals surface area contributed by atoms with Crippen LogP contribution in [0.25, 0.3) is 0 Å². The highest BCUT2D eigenvalue weighted by Crippen LogP contribution is 2.29. The molecule has 26 heavy (non-hydrogen) atoms. The molecular formula is C22H22FNOS. The van der Waals surface area contributed by atoms with Crippen LogP contribution in [-0.4, -0.2) is 12.9 Å². The highest BCUT2D eigenvalue weighted by molar-refractivity contribution is 7.99. The molecule has 134 valence electrons. The molecule has 0 heterocycles. The fourth-order valence-corrected chi connectivity index (χ4v) is 3.58. The van der Waals surface area contributed by atoms with Crippen LogP contribution in [-0.2, 0) is 0 Å². The lowest BCUT2D eigenvalue weighted by molar-refractivity contribution is 0.415. The second kappa shape index (κ2) is 8.77. The van der Waals surface area contributed by atoms with Crippen LogP contribution in [0.1, 0.15) is 17.2 Å². The van der Waals surface area contributed by atoms with Gasteiger partial charge < -0.3 is 10.1 Å². The second-order valence-electron chi connectivity index (χ2n) is 6.10. The van der Waals surface area contributed by atoms with Gasteiger partial charge in [0, 0.05) is 16.3 Å². The summed E-state index contributed by atoms with van der Waals surface area (Å²) in [5.41, 5.74) is 3.31. The van der Waals surface area contributed by atoms with Crippen molar-refractivity contribution < 1.29 is 9.13 Å². The largest absolute Gasteiger partial charge is 0.497 e. The first-order chi connectivity index (χ1) is 12.6. The number of rotatable bonds is 7. The van der Waals surface area contributed by atoms with Gasteiger partial charge in [-0.25, -0.2) is 4.39 Å². The van der Waals surface area contributed by atoms with Crippen LogP contribution >= 0.6 is 11.8 Å². The minimum Gasteiger partial charge on any atom is -0.497 e. The Labute approximate surface area is 158 Å². The maximum atomic E-state index is 13.3. The van der Waals surface area contributed by atoms with Crippen molar-refractivity contribution in [2.45, 2.75) is 17.9 Å². The van der Waals surface area contributed by atoms with Crippen LogP contribution in [0.3, 0.4) is 0 Å². The van der Waals surface area contributed by atoms with E-state index >= 15 is 0 Å². The number of nitrogens with one attached hydrogen (secondary N) is 1. The van der Waals surface area contributed by atoms with Gasteiger partial charge in [-0.3, -0.25) is 0 Å². The summed E-state index contributed by atoms with van der Waals surface area (Å²) in [6.07, 6.45) is 0. The number of aryl methyl sites for hydroxylation is 1. The fourth-order valence-electron chi connectivity index (χ4n) is 2.62. The van der Waals surface area contributed by atoms with Crippen molar-refractivity contribution in [1.29, 1.82) is 0 Å². The van der Waals surface area contributed by atoms with Crippen molar-refractivity contribution in [3.05, 3.63) is 89.7 Å². The van der Waals surface area contributed by atoms with Crippen LogP contribution in [0.2, 0.25) is 0 Å². The first kappa shape index (κ1) is 18.3. The number of benzene rings is 3. The highest BCUT2D eigenvalue weighted by Gasteiger charge is 2.13. The van der Waals surface area contributed by atoms with E-state index in [9.17, 15) is 4.39 Å². The summed E-state index contributed by atoms with van der Waals surface area (Å²) in [4.78, 5) is 1.22. The molecule has 3 rings (SSSR count). The smallest absolute Gasteiger partial charge is 0.123 e. The van der Waals surface area contributed by atoms with Gasteiger partial charge in [0.05, 0.1) is 13.2 Å². The Hall–Kier alpha value is -2.46. The second-order valence-corrected chi connectivity index (χ2v) is 7.19. The minimum absolute atomic E-state index is 0.0651. The lowest BCUT2D eigenvalue weighted by Crippen LogP contribution is -2.13. The maximum Gasteiger partial charge on any atom is 0.123 e. The van der Waals surface area contributed by atoms with Crippen LogP contribution in [0.15, 0.2) is 77.7 Å². The Balaban J connectivity index is 1.76. The quantitative estimate of drug-likeness (QED) is 0.511. The van der Waals surface area contributed by atoms with E-state index in [1.165, 1.54) is 22.6 Å². The molecule has 0 aliphatic heterocycles. The predicted molar refractivity (Wildman–Crippen MR) is 108 cm³/mol. The molecule has 0 saturated carbocycles. The number of ether oxygens (including phenoxy) is 1. The molecular weight excluding hydrogens is 345 g/mol. The molecule has 4 heteroatoms. The molecule has 0 aliphatic carbocycles. The number of hydrogen-bond donors (Lipinski definition) is 1. The molecule has 1 atom stereocenters. The third kappa shape index (κ3) is 5.02. The van der Waals surface area contributed by atoms with E-state index in [1.54, 1.807) is 18.9 Å². The number of thioether (sulfide) groups is 1. The first-order valence-electron chi connectivity index (χ1n) is 8.49. The van der Waals surface area contributed by atoms with E-state index in [1.807, 2.05) is 36.4 Å². The van der Waals surface area contributed by atoms with Gasteiger partial charge in [-0.15, -0.1) is 11.8 Å². The lowest BCUT2D eigenvalue weighted by Gasteiger charge is -2.20. The van der Waals surface area contributed by atoms with Crippen molar-refractivity contribution in [3.8, 4) is 5.75 Å². The van der Waals surface area contributed by atoms with E-state index in [4.69, 9.17) is 4.74 Å². The van der Waals surface area contributed by atoms with Gasteiger partial charge in [0.25, 0.3) is 0 Å². The van der Waals surface area contributed by atoms with Gasteiger partial charge >= 0.3 is 0 Å². The molecule has 0 fully saturated rings. The lowest BCUT2D eigenvalue weighted by atomic mass is 10.1. The summed E-state index contributed by atoms with van der Waals surface area (Å²) < 4.78 is 18.5. The topological polar surface area (TPSA) is 21.3 Å². The summed E-state index contributed by atoms with van der Waals surface area (Å²) in [7, 11) is 1.65. The van der Waals surface area contributed by atoms with Crippen molar-refractivity contribution in [2.75, 3.05) is 18.2 Å². The van der Waals surface area contributed by atoms with E-state index in [-0.39, 0.29) is 11.9 Å². The van der Waals surface area contributed by atoms with Crippen molar-refractivity contribution in [1.82, 2.24) is 0 Å². The Morgan fingerprint density at radius 2 is 1.58 bits per heavy atom. The zero-order valence-electron chi connectivity index (χ0n) is 14.9. The minimum atomic E-state index is -0.219. The molecule has 0 unspecified atom stereocenters. The number of hydrogen-bond acceptors (Lipinski definition) is 3. The molecule has 0 bridgehead atoms. The summed E-state index contributed by atoms with van der Waals surface area (Å²) in [5, 5.41) is 3.55. The summed E-state index contributed by atoms with van der Waals surface area (Å²) >= 11 is 1.78. The van der Waals surface area contributed by atoms with Gasteiger partial charge in [0.1, 0.15) is 11.6 Å². The first-order valence-corrected chi connectivity index (χ1v) is 9.48. The normalized spacial score (nSPS) is 11.8. The van der Waals surface area contributed by atoms with E-state index in [0.29, 0.717) is 0 Å². The fraction of sp³-hybridized carbons (Fsp3) is 0.182. The number of anilines is 1. The van der Waals surface area contributed by atoms with Gasteiger partial charge in [-0.05, 0) is 61.0 Å². The maximum absolute atomic E-state index is 13.3. The molecule has 0 saturated heterocycles. The van der Waals surface area contributed by atoms with Gasteiger partial charge in [0.2, 0.25) is 0 Å². The molecule has 0 aromatic heterocycles. The monoisotopic (exact) mass is 367 g/mol. The highest BCUT2D eigenvalue weighted by atomic mass is 32.2. The molecule has 2 nitrogen and oxygen atoms in total. The molecule has 1 N–H and O–H groups in total. The summed E-state index contributed by atoms with van der Waals surface area (Å²) in [5.74, 6) is 1.44. The van der Waals surface area contributed by atoms with Crippen LogP contribution in [0, 0.1) is 12.7 Å². The average molecular weight is 367 g/mol. The third-order valence-electron chi connectivity index (χ3n) is 4.14. The average Bonchev–Trinajstić information content (AvgIpc) is 2.67. The Morgan fingerprint density at radius 1 is 0.923 bits per heavy atom. The molecule has 3 aromatic rings. The Bertz CT molecular complexity index is 816. The molecule has 0 radical (unpaired) electrons. The molecule has 3 aromatic carbocycles. The van der Waals surface area contributed by atoms with E-state index in [0.717, 1.165) is 22.8 Å². The molecule has 0 amide bonds. The number of methoxy groups -OCH3 is 1. The van der Waals surface area contributed by atoms with E-state index < -0.39 is 0 Å². The van der Waals surface area contributed by atoms with Crippen LogP contribution in [0.4, 0.5) is 10.1 Å². The third-order valence-corrected chi connectivity index (χ3v) is 5.25. The molecule has 0 spiro atoms. The van der Waals surface area contributed by atoms with Crippen molar-refractivity contribution in [2.24, 2.45) is 0 Å². The molecule has 0 aliphatic rings. The summed E-state index contributed by atoms with van der Waals surface area (Å²) in [6, 6.07) is 23.1. The SMILES string of the molecule is COc1ccc(N[C@H](CSc2ccc(C)cc2)c2ccc(F)cc2)cc1. The van der Waals surface area contributed by atoms with Gasteiger partial charge in [-0.1, -0.05) is 29.8 Å². The summed E-state index contributed by atoms with van der Waals surface area (Å²) in [6.45, 7) is 2.08. The van der Waals surface area contributed by atoms with Gasteiger partial charge in [0.15, 0.2) is 0 Å². The zero-order chi connectivity index (χ0) is 18.4. The van der Waals surface area contributed by atoms with Crippen molar-refractivity contribution in [3.63, 3.8) is 0 Å².